The number of aromatic nitrogens is 1. The van der Waals surface area contributed by atoms with E-state index in [0.717, 1.165) is 24.3 Å². The molecule has 0 radical (unpaired) electrons. The van der Waals surface area contributed by atoms with Gasteiger partial charge in [-0.3, -0.25) is 14.1 Å². The maximum Gasteiger partial charge on any atom is 0.264 e. The predicted octanol–water partition coefficient (Wildman–Crippen LogP) is 3.18. The highest BCUT2D eigenvalue weighted by atomic mass is 32.2. The van der Waals surface area contributed by atoms with E-state index in [0.29, 0.717) is 24.3 Å². The van der Waals surface area contributed by atoms with E-state index in [4.69, 9.17) is 0 Å². The number of hydrogen-bond donors (Lipinski definition) is 0. The number of aryl methyl sites for hydroxylation is 1. The Hall–Kier alpha value is -3.39. The second-order valence-electron chi connectivity index (χ2n) is 7.82. The van der Waals surface area contributed by atoms with Crippen molar-refractivity contribution >= 4 is 27.3 Å². The van der Waals surface area contributed by atoms with Crippen LogP contribution < -0.4 is 9.21 Å². The van der Waals surface area contributed by atoms with Gasteiger partial charge < -0.3 is 9.80 Å². The zero-order valence-corrected chi connectivity index (χ0v) is 19.0. The van der Waals surface area contributed by atoms with Crippen molar-refractivity contribution < 1.29 is 13.2 Å². The molecule has 7 nitrogen and oxygen atoms in total. The molecule has 1 aliphatic rings. The smallest absolute Gasteiger partial charge is 0.264 e. The Balaban J connectivity index is 1.42. The molecule has 1 fully saturated rings. The molecule has 0 saturated carbocycles. The van der Waals surface area contributed by atoms with Crippen molar-refractivity contribution in [2.75, 3.05) is 42.4 Å². The first-order chi connectivity index (χ1) is 15.4. The van der Waals surface area contributed by atoms with Gasteiger partial charge >= 0.3 is 0 Å². The fraction of sp³-hybridized carbons (Fsp3) is 0.250. The van der Waals surface area contributed by atoms with Crippen LogP contribution >= 0.6 is 0 Å². The van der Waals surface area contributed by atoms with Crippen molar-refractivity contribution in [2.24, 2.45) is 0 Å². The van der Waals surface area contributed by atoms with Crippen molar-refractivity contribution in [2.45, 2.75) is 11.8 Å². The number of carbonyl (C=O) groups is 1. The lowest BCUT2D eigenvalue weighted by molar-refractivity contribution is 0.0747. The minimum absolute atomic E-state index is 0.0463. The summed E-state index contributed by atoms with van der Waals surface area (Å²) in [5.41, 5.74) is 3.15. The van der Waals surface area contributed by atoms with Gasteiger partial charge in [-0.15, -0.1) is 0 Å². The van der Waals surface area contributed by atoms with E-state index in [1.807, 2.05) is 24.0 Å². The Kier molecular flexibility index (Phi) is 6.14. The first kappa shape index (κ1) is 21.8. The monoisotopic (exact) mass is 450 g/mol. The van der Waals surface area contributed by atoms with Gasteiger partial charge in [0.15, 0.2) is 0 Å². The van der Waals surface area contributed by atoms with Crippen LogP contribution in [-0.4, -0.2) is 57.4 Å². The highest BCUT2D eigenvalue weighted by molar-refractivity contribution is 7.92. The summed E-state index contributed by atoms with van der Waals surface area (Å²) in [5, 5.41) is 0. The number of piperazine rings is 1. The number of anilines is 2. The Bertz CT molecular complexity index is 1170. The molecule has 32 heavy (non-hydrogen) atoms. The maximum absolute atomic E-state index is 12.9. The number of rotatable bonds is 5. The summed E-state index contributed by atoms with van der Waals surface area (Å²) < 4.78 is 27.0. The topological polar surface area (TPSA) is 73.8 Å². The third kappa shape index (κ3) is 4.45. The first-order valence-corrected chi connectivity index (χ1v) is 11.9. The molecule has 1 amide bonds. The third-order valence-electron chi connectivity index (χ3n) is 5.75. The molecule has 2 aromatic carbocycles. The van der Waals surface area contributed by atoms with E-state index in [-0.39, 0.29) is 10.8 Å². The minimum atomic E-state index is -3.67. The van der Waals surface area contributed by atoms with Crippen LogP contribution in [-0.2, 0) is 10.0 Å². The van der Waals surface area contributed by atoms with Crippen LogP contribution in [0.4, 0.5) is 11.4 Å². The normalized spacial score (nSPS) is 14.3. The molecule has 3 aromatic rings. The van der Waals surface area contributed by atoms with Crippen LogP contribution in [0.5, 0.6) is 0 Å². The Morgan fingerprint density at radius 2 is 1.47 bits per heavy atom. The molecule has 2 heterocycles. The third-order valence-corrected chi connectivity index (χ3v) is 7.55. The largest absolute Gasteiger partial charge is 0.368 e. The minimum Gasteiger partial charge on any atom is -0.368 e. The second-order valence-corrected chi connectivity index (χ2v) is 9.79. The molecule has 0 unspecified atom stereocenters. The van der Waals surface area contributed by atoms with E-state index in [2.05, 4.69) is 9.88 Å². The quantitative estimate of drug-likeness (QED) is 0.597. The average Bonchev–Trinajstić information content (AvgIpc) is 2.84. The van der Waals surface area contributed by atoms with Gasteiger partial charge in [-0.05, 0) is 55.5 Å². The Labute approximate surface area is 189 Å². The van der Waals surface area contributed by atoms with Gasteiger partial charge in [0.25, 0.3) is 15.9 Å². The molecule has 1 saturated heterocycles. The average molecular weight is 451 g/mol. The summed E-state index contributed by atoms with van der Waals surface area (Å²) in [5.74, 6) is -0.0463. The highest BCUT2D eigenvalue weighted by Crippen LogP contribution is 2.23. The van der Waals surface area contributed by atoms with Crippen molar-refractivity contribution in [3.05, 3.63) is 84.2 Å². The molecule has 166 valence electrons. The number of carbonyl (C=O) groups excluding carboxylic acids is 1. The molecule has 1 aliphatic heterocycles. The van der Waals surface area contributed by atoms with Crippen molar-refractivity contribution in [1.29, 1.82) is 0 Å². The maximum atomic E-state index is 12.9. The van der Waals surface area contributed by atoms with E-state index >= 15 is 0 Å². The lowest BCUT2D eigenvalue weighted by Gasteiger charge is -2.36. The van der Waals surface area contributed by atoms with Crippen LogP contribution in [0.15, 0.2) is 78.0 Å². The van der Waals surface area contributed by atoms with Crippen LogP contribution in [0.1, 0.15) is 15.9 Å². The number of amides is 1. The Morgan fingerprint density at radius 3 is 2.06 bits per heavy atom. The summed E-state index contributed by atoms with van der Waals surface area (Å²) >= 11 is 0. The molecule has 4 rings (SSSR count). The first-order valence-electron chi connectivity index (χ1n) is 10.5. The lowest BCUT2D eigenvalue weighted by Crippen LogP contribution is -2.48. The lowest BCUT2D eigenvalue weighted by atomic mass is 10.1. The predicted molar refractivity (Wildman–Crippen MR) is 126 cm³/mol. The zero-order valence-electron chi connectivity index (χ0n) is 18.2. The molecule has 0 atom stereocenters. The van der Waals surface area contributed by atoms with Crippen molar-refractivity contribution in [3.63, 3.8) is 0 Å². The van der Waals surface area contributed by atoms with Gasteiger partial charge in [-0.1, -0.05) is 17.7 Å². The number of hydrogen-bond acceptors (Lipinski definition) is 5. The molecule has 0 N–H and O–H groups in total. The zero-order chi connectivity index (χ0) is 22.7. The molecule has 0 aliphatic carbocycles. The van der Waals surface area contributed by atoms with E-state index in [9.17, 15) is 13.2 Å². The summed E-state index contributed by atoms with van der Waals surface area (Å²) in [6, 6.07) is 17.4. The van der Waals surface area contributed by atoms with Crippen LogP contribution in [0, 0.1) is 6.92 Å². The Morgan fingerprint density at radius 1 is 0.875 bits per heavy atom. The van der Waals surface area contributed by atoms with Crippen LogP contribution in [0.2, 0.25) is 0 Å². The molecule has 1 aromatic heterocycles. The van der Waals surface area contributed by atoms with Crippen LogP contribution in [0.3, 0.4) is 0 Å². The summed E-state index contributed by atoms with van der Waals surface area (Å²) in [6.07, 6.45) is 3.54. The van der Waals surface area contributed by atoms with Crippen LogP contribution in [0.25, 0.3) is 0 Å². The summed E-state index contributed by atoms with van der Waals surface area (Å²) in [7, 11) is -2.15. The molecular weight excluding hydrogens is 424 g/mol. The van der Waals surface area contributed by atoms with E-state index in [1.54, 1.807) is 60.9 Å². The number of sulfonamides is 1. The fourth-order valence-corrected chi connectivity index (χ4v) is 4.92. The second kappa shape index (κ2) is 9.00. The van der Waals surface area contributed by atoms with E-state index in [1.165, 1.54) is 11.4 Å². The van der Waals surface area contributed by atoms with Gasteiger partial charge in [-0.2, -0.15) is 0 Å². The number of pyridine rings is 1. The van der Waals surface area contributed by atoms with E-state index < -0.39 is 10.0 Å². The summed E-state index contributed by atoms with van der Waals surface area (Å²) in [6.45, 7) is 4.68. The van der Waals surface area contributed by atoms with Gasteiger partial charge in [-0.25, -0.2) is 8.42 Å². The fourth-order valence-electron chi connectivity index (χ4n) is 3.73. The van der Waals surface area contributed by atoms with Gasteiger partial charge in [0.2, 0.25) is 0 Å². The number of benzene rings is 2. The SMILES string of the molecule is Cc1ccc(S(=O)(=O)N(C)c2ccc(C(=O)N3CCN(c4ccncc4)CC3)cc2)cc1. The molecular formula is C24H26N4O3S. The standard InChI is InChI=1S/C24H26N4O3S/c1-19-3-9-23(10-4-19)32(30,31)26(2)21-7-5-20(6-8-21)24(29)28-17-15-27(16-18-28)22-11-13-25-14-12-22/h3-14H,15-18H2,1-2H3. The summed E-state index contributed by atoms with van der Waals surface area (Å²) in [4.78, 5) is 21.3. The van der Waals surface area contributed by atoms with Gasteiger partial charge in [0.1, 0.15) is 0 Å². The van der Waals surface area contributed by atoms with Crippen molar-refractivity contribution in [3.8, 4) is 0 Å². The van der Waals surface area contributed by atoms with Crippen molar-refractivity contribution in [1.82, 2.24) is 9.88 Å². The number of nitrogens with zero attached hydrogens (tertiary/aromatic N) is 4. The van der Waals surface area contributed by atoms with Gasteiger partial charge in [0.05, 0.1) is 10.6 Å². The molecule has 8 heteroatoms. The highest BCUT2D eigenvalue weighted by Gasteiger charge is 2.24. The molecule has 0 spiro atoms. The molecule has 0 bridgehead atoms. The van der Waals surface area contributed by atoms with Gasteiger partial charge in [0, 0.05) is 56.9 Å².